The minimum Gasteiger partial charge on any atom is -0.481 e. The predicted molar refractivity (Wildman–Crippen MR) is 52.6 cm³/mol. The van der Waals surface area contributed by atoms with Crippen molar-refractivity contribution in [1.29, 1.82) is 0 Å². The number of pyridine rings is 1. The number of carboxylic acids is 1. The molecule has 7 heteroatoms. The predicted octanol–water partition coefficient (Wildman–Crippen LogP) is 1.99. The number of hydrogen-bond donors (Lipinski definition) is 2. The summed E-state index contributed by atoms with van der Waals surface area (Å²) >= 11 is 2.97. The highest BCUT2D eigenvalue weighted by Crippen LogP contribution is 2.31. The van der Waals surface area contributed by atoms with Gasteiger partial charge in [0.25, 0.3) is 6.43 Å². The lowest BCUT2D eigenvalue weighted by Gasteiger charge is -2.08. The fourth-order valence-corrected chi connectivity index (χ4v) is 1.46. The van der Waals surface area contributed by atoms with Gasteiger partial charge in [-0.2, -0.15) is 0 Å². The van der Waals surface area contributed by atoms with Crippen molar-refractivity contribution in [3.63, 3.8) is 0 Å². The van der Waals surface area contributed by atoms with E-state index in [0.717, 1.165) is 6.20 Å². The number of nitrogen functional groups attached to an aromatic ring is 1. The number of aromatic nitrogens is 1. The summed E-state index contributed by atoms with van der Waals surface area (Å²) < 4.78 is 24.8. The van der Waals surface area contributed by atoms with Gasteiger partial charge in [0.2, 0.25) is 0 Å². The molecule has 0 amide bonds. The molecule has 0 saturated carbocycles. The van der Waals surface area contributed by atoms with Gasteiger partial charge in [0, 0.05) is 10.7 Å². The smallest absolute Gasteiger partial charge is 0.307 e. The maximum atomic E-state index is 12.3. The molecule has 3 N–H and O–H groups in total. The lowest BCUT2D eigenvalue weighted by molar-refractivity contribution is -0.136. The molecule has 82 valence electrons. The maximum absolute atomic E-state index is 12.3. The van der Waals surface area contributed by atoms with E-state index in [1.54, 1.807) is 0 Å². The van der Waals surface area contributed by atoms with E-state index in [0.29, 0.717) is 0 Å². The zero-order valence-electron chi connectivity index (χ0n) is 7.38. The number of anilines is 1. The summed E-state index contributed by atoms with van der Waals surface area (Å²) in [5, 5.41) is 8.52. The van der Waals surface area contributed by atoms with Crippen molar-refractivity contribution in [2.45, 2.75) is 12.8 Å². The molecule has 0 aliphatic rings. The number of rotatable bonds is 3. The normalized spacial score (nSPS) is 10.7. The summed E-state index contributed by atoms with van der Waals surface area (Å²) in [5.41, 5.74) is 4.88. The molecule has 4 nitrogen and oxygen atoms in total. The standard InChI is InChI=1S/C8H7BrF2N2O2/c9-5-3(1-4(14)15)2-13-7(6(5)12)8(10)11/h2,8H,1,12H2,(H,14,15). The fourth-order valence-electron chi connectivity index (χ4n) is 1.02. The third kappa shape index (κ3) is 2.62. The zero-order valence-corrected chi connectivity index (χ0v) is 8.96. The quantitative estimate of drug-likeness (QED) is 0.888. The molecular weight excluding hydrogens is 274 g/mol. The maximum Gasteiger partial charge on any atom is 0.307 e. The number of carbonyl (C=O) groups is 1. The SMILES string of the molecule is Nc1c(C(F)F)ncc(CC(=O)O)c1Br. The molecule has 0 aliphatic carbocycles. The second-order valence-corrected chi connectivity index (χ2v) is 3.56. The van der Waals surface area contributed by atoms with E-state index in [4.69, 9.17) is 10.8 Å². The van der Waals surface area contributed by atoms with Gasteiger partial charge >= 0.3 is 5.97 Å². The third-order valence-electron chi connectivity index (χ3n) is 1.70. The first kappa shape index (κ1) is 11.8. The van der Waals surface area contributed by atoms with Crippen LogP contribution in [-0.2, 0) is 11.2 Å². The van der Waals surface area contributed by atoms with Gasteiger partial charge in [-0.05, 0) is 21.5 Å². The first-order valence-electron chi connectivity index (χ1n) is 3.86. The lowest BCUT2D eigenvalue weighted by atomic mass is 10.1. The van der Waals surface area contributed by atoms with Gasteiger partial charge in [-0.25, -0.2) is 8.78 Å². The van der Waals surface area contributed by atoms with Crippen molar-refractivity contribution in [3.05, 3.63) is 21.9 Å². The van der Waals surface area contributed by atoms with E-state index in [-0.39, 0.29) is 22.1 Å². The Kier molecular flexibility index (Phi) is 3.57. The van der Waals surface area contributed by atoms with Crippen LogP contribution in [0.1, 0.15) is 17.7 Å². The molecule has 0 unspecified atom stereocenters. The number of nitrogens with zero attached hydrogens (tertiary/aromatic N) is 1. The summed E-state index contributed by atoms with van der Waals surface area (Å²) in [4.78, 5) is 13.8. The summed E-state index contributed by atoms with van der Waals surface area (Å²) in [6.45, 7) is 0. The third-order valence-corrected chi connectivity index (χ3v) is 2.64. The van der Waals surface area contributed by atoms with Crippen LogP contribution in [0.3, 0.4) is 0 Å². The summed E-state index contributed by atoms with van der Waals surface area (Å²) in [6.07, 6.45) is -2.02. The van der Waals surface area contributed by atoms with Crippen LogP contribution >= 0.6 is 15.9 Å². The molecule has 0 radical (unpaired) electrons. The van der Waals surface area contributed by atoms with Crippen LogP contribution in [0.15, 0.2) is 10.7 Å². The van der Waals surface area contributed by atoms with Gasteiger partial charge in [-0.15, -0.1) is 0 Å². The van der Waals surface area contributed by atoms with Gasteiger partial charge in [0.1, 0.15) is 5.69 Å². The van der Waals surface area contributed by atoms with Crippen LogP contribution in [0.5, 0.6) is 0 Å². The Morgan fingerprint density at radius 1 is 1.67 bits per heavy atom. The van der Waals surface area contributed by atoms with Crippen LogP contribution < -0.4 is 5.73 Å². The minimum absolute atomic E-state index is 0.162. The highest BCUT2D eigenvalue weighted by atomic mass is 79.9. The van der Waals surface area contributed by atoms with E-state index >= 15 is 0 Å². The van der Waals surface area contributed by atoms with Crippen LogP contribution in [0.2, 0.25) is 0 Å². The average molecular weight is 281 g/mol. The van der Waals surface area contributed by atoms with Crippen molar-refractivity contribution < 1.29 is 18.7 Å². The summed E-state index contributed by atoms with van der Waals surface area (Å²) in [5.74, 6) is -1.08. The Morgan fingerprint density at radius 3 is 2.73 bits per heavy atom. The van der Waals surface area contributed by atoms with Crippen molar-refractivity contribution in [1.82, 2.24) is 4.98 Å². The van der Waals surface area contributed by atoms with E-state index in [1.807, 2.05) is 0 Å². The highest BCUT2D eigenvalue weighted by molar-refractivity contribution is 9.10. The Bertz CT molecular complexity index is 398. The number of aliphatic carboxylic acids is 1. The van der Waals surface area contributed by atoms with E-state index in [9.17, 15) is 13.6 Å². The van der Waals surface area contributed by atoms with Gasteiger partial charge in [0.05, 0.1) is 12.1 Å². The molecule has 0 atom stereocenters. The molecule has 1 rings (SSSR count). The van der Waals surface area contributed by atoms with Crippen LogP contribution in [0, 0.1) is 0 Å². The number of halogens is 3. The topological polar surface area (TPSA) is 76.2 Å². The van der Waals surface area contributed by atoms with Crippen molar-refractivity contribution in [3.8, 4) is 0 Å². The van der Waals surface area contributed by atoms with E-state index in [2.05, 4.69) is 20.9 Å². The Labute approximate surface area is 92.2 Å². The van der Waals surface area contributed by atoms with Gasteiger partial charge in [0.15, 0.2) is 0 Å². The first-order chi connectivity index (χ1) is 6.93. The van der Waals surface area contributed by atoms with Crippen molar-refractivity contribution in [2.75, 3.05) is 5.73 Å². The lowest BCUT2D eigenvalue weighted by Crippen LogP contribution is -2.06. The number of carboxylic acid groups (broad SMARTS) is 1. The largest absolute Gasteiger partial charge is 0.481 e. The molecule has 0 bridgehead atoms. The van der Waals surface area contributed by atoms with E-state index < -0.39 is 18.1 Å². The van der Waals surface area contributed by atoms with Crippen LogP contribution in [0.25, 0.3) is 0 Å². The monoisotopic (exact) mass is 280 g/mol. The Morgan fingerprint density at radius 2 is 2.27 bits per heavy atom. The molecule has 0 aromatic carbocycles. The molecule has 0 fully saturated rings. The van der Waals surface area contributed by atoms with Crippen molar-refractivity contribution in [2.24, 2.45) is 0 Å². The molecule has 0 aliphatic heterocycles. The second kappa shape index (κ2) is 4.52. The zero-order chi connectivity index (χ0) is 11.6. The Balaban J connectivity index is 3.15. The minimum atomic E-state index is -2.78. The number of alkyl halides is 2. The van der Waals surface area contributed by atoms with Crippen LogP contribution in [0.4, 0.5) is 14.5 Å². The van der Waals surface area contributed by atoms with Crippen LogP contribution in [-0.4, -0.2) is 16.1 Å². The molecule has 15 heavy (non-hydrogen) atoms. The fraction of sp³-hybridized carbons (Fsp3) is 0.250. The molecule has 0 saturated heterocycles. The molecule has 1 aromatic heterocycles. The second-order valence-electron chi connectivity index (χ2n) is 2.77. The van der Waals surface area contributed by atoms with Gasteiger partial charge < -0.3 is 10.8 Å². The molecule has 1 heterocycles. The van der Waals surface area contributed by atoms with E-state index in [1.165, 1.54) is 0 Å². The van der Waals surface area contributed by atoms with Gasteiger partial charge in [-0.1, -0.05) is 0 Å². The molecule has 1 aromatic rings. The van der Waals surface area contributed by atoms with Gasteiger partial charge in [-0.3, -0.25) is 9.78 Å². The first-order valence-corrected chi connectivity index (χ1v) is 4.65. The Hall–Kier alpha value is -1.24. The molecule has 0 spiro atoms. The highest BCUT2D eigenvalue weighted by Gasteiger charge is 2.18. The number of nitrogens with two attached hydrogens (primary N) is 1. The van der Waals surface area contributed by atoms with Crippen molar-refractivity contribution >= 4 is 27.6 Å². The summed E-state index contributed by atoms with van der Waals surface area (Å²) in [6, 6.07) is 0. The summed E-state index contributed by atoms with van der Waals surface area (Å²) in [7, 11) is 0. The molecular formula is C8H7BrF2N2O2. The number of hydrogen-bond acceptors (Lipinski definition) is 3. The average Bonchev–Trinajstić information content (AvgIpc) is 2.12.